The van der Waals surface area contributed by atoms with Gasteiger partial charge >= 0.3 is 6.09 Å². The summed E-state index contributed by atoms with van der Waals surface area (Å²) < 4.78 is 15.9. The largest absolute Gasteiger partial charge is 0.445 e. The number of amides is 1. The van der Waals surface area contributed by atoms with Crippen molar-refractivity contribution in [3.05, 3.63) is 53.4 Å². The van der Waals surface area contributed by atoms with E-state index >= 15 is 0 Å². The Morgan fingerprint density at radius 2 is 2.19 bits per heavy atom. The van der Waals surface area contributed by atoms with Crippen LogP contribution >= 0.6 is 0 Å². The highest BCUT2D eigenvalue weighted by Gasteiger charge is 2.43. The highest BCUT2D eigenvalue weighted by Crippen LogP contribution is 2.35. The second-order valence-corrected chi connectivity index (χ2v) is 7.05. The first-order chi connectivity index (χ1) is 13.1. The molecular weight excluding hydrogens is 346 g/mol. The lowest BCUT2D eigenvalue weighted by atomic mass is 9.70. The van der Waals surface area contributed by atoms with Crippen molar-refractivity contribution in [1.82, 2.24) is 15.8 Å². The monoisotopic (exact) mass is 373 g/mol. The van der Waals surface area contributed by atoms with E-state index in [0.717, 1.165) is 24.2 Å². The van der Waals surface area contributed by atoms with Crippen molar-refractivity contribution < 1.29 is 18.8 Å². The first-order valence-electron chi connectivity index (χ1n) is 9.24. The minimum atomic E-state index is -0.434. The van der Waals surface area contributed by atoms with E-state index < -0.39 is 6.09 Å². The number of hydrogen-bond acceptors (Lipinski definition) is 6. The molecule has 1 aromatic carbocycles. The number of hydrogen-bond donors (Lipinski definition) is 2. The molecule has 1 fully saturated rings. The Bertz CT molecular complexity index is 734. The summed E-state index contributed by atoms with van der Waals surface area (Å²) in [4.78, 5) is 12.2. The zero-order valence-electron chi connectivity index (χ0n) is 15.9. The summed E-state index contributed by atoms with van der Waals surface area (Å²) in [5.74, 6) is 1.00. The van der Waals surface area contributed by atoms with E-state index in [1.165, 1.54) is 0 Å². The van der Waals surface area contributed by atoms with Crippen LogP contribution in [-0.4, -0.2) is 38.0 Å². The molecule has 0 radical (unpaired) electrons. The van der Waals surface area contributed by atoms with E-state index in [4.69, 9.17) is 14.0 Å². The van der Waals surface area contributed by atoms with Gasteiger partial charge in [0.1, 0.15) is 13.2 Å². The number of carbonyl (C=O) groups is 1. The number of rotatable bonds is 7. The predicted molar refractivity (Wildman–Crippen MR) is 100 cm³/mol. The number of methoxy groups -OCH3 is 1. The Hall–Kier alpha value is -2.38. The summed E-state index contributed by atoms with van der Waals surface area (Å²) in [7, 11) is 1.62. The van der Waals surface area contributed by atoms with Crippen LogP contribution in [0.4, 0.5) is 4.79 Å². The third kappa shape index (κ3) is 4.67. The van der Waals surface area contributed by atoms with E-state index in [2.05, 4.69) is 22.7 Å². The van der Waals surface area contributed by atoms with Crippen LogP contribution in [0.15, 0.2) is 40.9 Å². The minimum Gasteiger partial charge on any atom is -0.445 e. The van der Waals surface area contributed by atoms with Gasteiger partial charge in [0.15, 0.2) is 5.76 Å². The highest BCUT2D eigenvalue weighted by molar-refractivity contribution is 5.67. The third-order valence-electron chi connectivity index (χ3n) is 5.25. The third-order valence-corrected chi connectivity index (χ3v) is 5.25. The summed E-state index contributed by atoms with van der Waals surface area (Å²) in [5, 5.41) is 10.6. The average Bonchev–Trinajstić information content (AvgIpc) is 3.16. The fraction of sp³-hybridized carbons (Fsp3) is 0.500. The maximum atomic E-state index is 12.2. The van der Waals surface area contributed by atoms with E-state index in [1.54, 1.807) is 7.11 Å². The molecule has 0 spiro atoms. The lowest BCUT2D eigenvalue weighted by molar-refractivity contribution is 0.129. The van der Waals surface area contributed by atoms with Crippen LogP contribution in [0.25, 0.3) is 0 Å². The molecule has 0 bridgehead atoms. The molecule has 1 aromatic heterocycles. The van der Waals surface area contributed by atoms with Gasteiger partial charge in [-0.15, -0.1) is 0 Å². The molecular formula is C20H27N3O4. The van der Waals surface area contributed by atoms with Crippen molar-refractivity contribution in [2.45, 2.75) is 32.0 Å². The quantitative estimate of drug-likeness (QED) is 0.776. The minimum absolute atomic E-state index is 0.245. The average molecular weight is 373 g/mol. The van der Waals surface area contributed by atoms with Gasteiger partial charge in [0.2, 0.25) is 0 Å². The highest BCUT2D eigenvalue weighted by atomic mass is 16.5. The molecule has 2 atom stereocenters. The number of alkyl carbamates (subject to hydrolysis) is 1. The number of carbonyl (C=O) groups excluding carboxylic acids is 1. The molecule has 1 amide bonds. The van der Waals surface area contributed by atoms with E-state index in [9.17, 15) is 4.79 Å². The van der Waals surface area contributed by atoms with Gasteiger partial charge in [-0.25, -0.2) is 4.79 Å². The Morgan fingerprint density at radius 3 is 2.93 bits per heavy atom. The second kappa shape index (κ2) is 9.01. The molecule has 146 valence electrons. The molecule has 1 aliphatic rings. The van der Waals surface area contributed by atoms with Gasteiger partial charge in [-0.1, -0.05) is 42.4 Å². The van der Waals surface area contributed by atoms with Crippen LogP contribution in [0.3, 0.4) is 0 Å². The summed E-state index contributed by atoms with van der Waals surface area (Å²) in [6.07, 6.45) is 0.560. The molecule has 7 heteroatoms. The molecule has 2 aromatic rings. The Labute approximate surface area is 159 Å². The topological polar surface area (TPSA) is 85.6 Å². The smallest absolute Gasteiger partial charge is 0.407 e. The number of nitrogens with one attached hydrogen (secondary N) is 2. The van der Waals surface area contributed by atoms with E-state index in [1.807, 2.05) is 36.4 Å². The van der Waals surface area contributed by atoms with Crippen molar-refractivity contribution in [2.75, 3.05) is 26.7 Å². The van der Waals surface area contributed by atoms with Crippen molar-refractivity contribution in [3.8, 4) is 0 Å². The molecule has 2 heterocycles. The van der Waals surface area contributed by atoms with Crippen LogP contribution in [0.1, 0.15) is 30.4 Å². The van der Waals surface area contributed by atoms with Crippen molar-refractivity contribution in [2.24, 2.45) is 5.92 Å². The van der Waals surface area contributed by atoms with Gasteiger partial charge in [-0.2, -0.15) is 0 Å². The van der Waals surface area contributed by atoms with Crippen LogP contribution in [0.2, 0.25) is 0 Å². The molecule has 1 saturated heterocycles. The molecule has 3 rings (SSSR count). The molecule has 0 aliphatic carbocycles. The number of benzene rings is 1. The predicted octanol–water partition coefficient (Wildman–Crippen LogP) is 2.61. The molecule has 2 N–H and O–H groups in total. The zero-order chi connectivity index (χ0) is 19.1. The van der Waals surface area contributed by atoms with E-state index in [0.29, 0.717) is 31.4 Å². The van der Waals surface area contributed by atoms with Crippen LogP contribution in [0.5, 0.6) is 0 Å². The Balaban J connectivity index is 1.65. The Kier molecular flexibility index (Phi) is 6.47. The van der Waals surface area contributed by atoms with Gasteiger partial charge in [0.05, 0.1) is 5.69 Å². The molecule has 27 heavy (non-hydrogen) atoms. The van der Waals surface area contributed by atoms with Gasteiger partial charge in [0.25, 0.3) is 0 Å². The van der Waals surface area contributed by atoms with Crippen LogP contribution < -0.4 is 10.6 Å². The lowest BCUT2D eigenvalue weighted by Gasteiger charge is -2.41. The standard InChI is InChI=1S/C20H27N3O4/c1-15-8-9-21-13-20(15,18-10-17(12-25-2)27-23-18)14-22-19(24)26-11-16-6-4-3-5-7-16/h3-7,10,15,21H,8-9,11-14H2,1-2H3,(H,22,24). The maximum Gasteiger partial charge on any atom is 0.407 e. The fourth-order valence-electron chi connectivity index (χ4n) is 3.51. The zero-order valence-corrected chi connectivity index (χ0v) is 15.9. The normalized spacial score (nSPS) is 22.4. The van der Waals surface area contributed by atoms with Gasteiger partial charge in [0, 0.05) is 31.7 Å². The fourth-order valence-corrected chi connectivity index (χ4v) is 3.51. The number of nitrogens with zero attached hydrogens (tertiary/aromatic N) is 1. The van der Waals surface area contributed by atoms with Crippen molar-refractivity contribution in [1.29, 1.82) is 0 Å². The summed E-state index contributed by atoms with van der Waals surface area (Å²) >= 11 is 0. The molecule has 7 nitrogen and oxygen atoms in total. The van der Waals surface area contributed by atoms with Gasteiger partial charge in [-0.3, -0.25) is 0 Å². The first kappa shape index (κ1) is 19.4. The number of ether oxygens (including phenoxy) is 2. The summed E-state index contributed by atoms with van der Waals surface area (Å²) in [6, 6.07) is 11.5. The van der Waals surface area contributed by atoms with E-state index in [-0.39, 0.29) is 12.0 Å². The number of aromatic nitrogens is 1. The first-order valence-corrected chi connectivity index (χ1v) is 9.24. The lowest BCUT2D eigenvalue weighted by Crippen LogP contribution is -2.55. The number of piperidine rings is 1. The van der Waals surface area contributed by atoms with Gasteiger partial charge in [-0.05, 0) is 24.4 Å². The Morgan fingerprint density at radius 1 is 1.37 bits per heavy atom. The van der Waals surface area contributed by atoms with Crippen molar-refractivity contribution >= 4 is 6.09 Å². The molecule has 2 unspecified atom stereocenters. The van der Waals surface area contributed by atoms with Crippen LogP contribution in [-0.2, 0) is 28.1 Å². The molecule has 0 saturated carbocycles. The van der Waals surface area contributed by atoms with Crippen LogP contribution in [0, 0.1) is 5.92 Å². The SMILES string of the molecule is COCc1cc(C2(CNC(=O)OCc3ccccc3)CNCCC2C)no1. The van der Waals surface area contributed by atoms with Gasteiger partial charge < -0.3 is 24.6 Å². The van der Waals surface area contributed by atoms with Crippen molar-refractivity contribution in [3.63, 3.8) is 0 Å². The second-order valence-electron chi connectivity index (χ2n) is 7.05. The summed E-state index contributed by atoms with van der Waals surface area (Å²) in [6.45, 7) is 4.89. The maximum absolute atomic E-state index is 12.2. The summed E-state index contributed by atoms with van der Waals surface area (Å²) in [5.41, 5.74) is 1.44. The molecule has 1 aliphatic heterocycles.